The Morgan fingerprint density at radius 1 is 1.25 bits per heavy atom. The van der Waals surface area contributed by atoms with Gasteiger partial charge in [-0.3, -0.25) is 9.13 Å². The Labute approximate surface area is 146 Å². The van der Waals surface area contributed by atoms with Crippen molar-refractivity contribution in [3.8, 4) is 0 Å². The lowest BCUT2D eigenvalue weighted by Gasteiger charge is -2.04. The van der Waals surface area contributed by atoms with Gasteiger partial charge in [0.2, 0.25) is 5.89 Å². The molecule has 0 aliphatic rings. The molecule has 1 atom stereocenters. The zero-order valence-electron chi connectivity index (χ0n) is 14.0. The lowest BCUT2D eigenvalue weighted by molar-refractivity contribution is 0.364. The molecule has 0 spiro atoms. The van der Waals surface area contributed by atoms with E-state index in [1.54, 1.807) is 9.13 Å². The topological polar surface area (TPSA) is 77.9 Å². The standard InChI is InChI=1S/C16H21N5O2.ClH/c1-4-20-12-7-5-6-8-13(12)21(16(20)22)10-15-18-14(19-23-15)9-11(2)17-3;/h5-8,11,17H,4,9-10H2,1-3H3;1H. The van der Waals surface area contributed by atoms with E-state index in [1.165, 1.54) is 0 Å². The van der Waals surface area contributed by atoms with E-state index in [9.17, 15) is 4.79 Å². The maximum absolute atomic E-state index is 12.6. The normalized spacial score (nSPS) is 12.3. The van der Waals surface area contributed by atoms with Crippen molar-refractivity contribution in [3.05, 3.63) is 46.5 Å². The van der Waals surface area contributed by atoms with Crippen LogP contribution in [0.25, 0.3) is 11.0 Å². The van der Waals surface area contributed by atoms with Crippen LogP contribution in [0.15, 0.2) is 33.6 Å². The molecule has 1 unspecified atom stereocenters. The van der Waals surface area contributed by atoms with Crippen molar-refractivity contribution in [2.75, 3.05) is 7.05 Å². The molecule has 1 N–H and O–H groups in total. The molecular weight excluding hydrogens is 330 g/mol. The van der Waals surface area contributed by atoms with Crippen LogP contribution in [0.2, 0.25) is 0 Å². The first-order valence-corrected chi connectivity index (χ1v) is 7.80. The second-order valence-electron chi connectivity index (χ2n) is 5.60. The zero-order valence-corrected chi connectivity index (χ0v) is 14.8. The Balaban J connectivity index is 0.00000208. The first-order chi connectivity index (χ1) is 11.1. The van der Waals surface area contributed by atoms with E-state index >= 15 is 0 Å². The van der Waals surface area contributed by atoms with E-state index in [0.717, 1.165) is 11.0 Å². The lowest BCUT2D eigenvalue weighted by Crippen LogP contribution is -2.25. The number of nitrogens with zero attached hydrogens (tertiary/aromatic N) is 4. The monoisotopic (exact) mass is 351 g/mol. The maximum atomic E-state index is 12.6. The summed E-state index contributed by atoms with van der Waals surface area (Å²) in [7, 11) is 1.89. The van der Waals surface area contributed by atoms with Gasteiger partial charge < -0.3 is 9.84 Å². The summed E-state index contributed by atoms with van der Waals surface area (Å²) in [5, 5.41) is 7.13. The fraction of sp³-hybridized carbons (Fsp3) is 0.438. The number of halogens is 1. The van der Waals surface area contributed by atoms with Crippen LogP contribution in [0.3, 0.4) is 0 Å². The third kappa shape index (κ3) is 3.37. The highest BCUT2D eigenvalue weighted by atomic mass is 35.5. The number of imidazole rings is 1. The number of para-hydroxylation sites is 2. The predicted molar refractivity (Wildman–Crippen MR) is 94.7 cm³/mol. The van der Waals surface area contributed by atoms with Crippen molar-refractivity contribution in [1.82, 2.24) is 24.6 Å². The minimum atomic E-state index is -0.0583. The Morgan fingerprint density at radius 3 is 2.54 bits per heavy atom. The molecule has 0 bridgehead atoms. The number of aryl methyl sites for hydroxylation is 1. The highest BCUT2D eigenvalue weighted by Crippen LogP contribution is 2.14. The molecule has 3 rings (SSSR count). The lowest BCUT2D eigenvalue weighted by atomic mass is 10.2. The Hall–Kier alpha value is -2.12. The van der Waals surface area contributed by atoms with Gasteiger partial charge in [-0.1, -0.05) is 17.3 Å². The summed E-state index contributed by atoms with van der Waals surface area (Å²) in [6.07, 6.45) is 0.686. The molecule has 2 heterocycles. The van der Waals surface area contributed by atoms with Crippen LogP contribution in [-0.4, -0.2) is 32.4 Å². The van der Waals surface area contributed by atoms with Crippen LogP contribution < -0.4 is 11.0 Å². The molecule has 3 aromatic rings. The van der Waals surface area contributed by atoms with Gasteiger partial charge in [-0.15, -0.1) is 12.4 Å². The molecule has 0 radical (unpaired) electrons. The fourth-order valence-corrected chi connectivity index (χ4v) is 2.68. The third-order valence-electron chi connectivity index (χ3n) is 4.03. The van der Waals surface area contributed by atoms with E-state index in [4.69, 9.17) is 4.52 Å². The summed E-state index contributed by atoms with van der Waals surface area (Å²) in [6, 6.07) is 8.01. The SMILES string of the molecule is CCn1c(=O)n(Cc2nc(CC(C)NC)no2)c2ccccc21.Cl. The number of benzene rings is 1. The molecule has 0 fully saturated rings. The highest BCUT2D eigenvalue weighted by Gasteiger charge is 2.15. The summed E-state index contributed by atoms with van der Waals surface area (Å²) in [5.41, 5.74) is 1.74. The second-order valence-corrected chi connectivity index (χ2v) is 5.60. The van der Waals surface area contributed by atoms with Gasteiger partial charge in [-0.05, 0) is 33.0 Å². The van der Waals surface area contributed by atoms with Gasteiger partial charge >= 0.3 is 5.69 Å². The summed E-state index contributed by atoms with van der Waals surface area (Å²) in [6.45, 7) is 4.92. The number of hydrogen-bond acceptors (Lipinski definition) is 5. The molecule has 8 heteroatoms. The van der Waals surface area contributed by atoms with Crippen LogP contribution in [0.5, 0.6) is 0 Å². The van der Waals surface area contributed by atoms with Gasteiger partial charge in [0.05, 0.1) is 11.0 Å². The number of nitrogens with one attached hydrogen (secondary N) is 1. The van der Waals surface area contributed by atoms with Crippen LogP contribution in [0, 0.1) is 0 Å². The molecule has 0 aliphatic carbocycles. The largest absolute Gasteiger partial charge is 0.337 e. The highest BCUT2D eigenvalue weighted by molar-refractivity contribution is 5.85. The summed E-state index contributed by atoms with van der Waals surface area (Å²) >= 11 is 0. The molecule has 0 aliphatic heterocycles. The summed E-state index contributed by atoms with van der Waals surface area (Å²) < 4.78 is 8.73. The molecule has 7 nitrogen and oxygen atoms in total. The minimum absolute atomic E-state index is 0. The van der Waals surface area contributed by atoms with Crippen LogP contribution in [-0.2, 0) is 19.5 Å². The molecular formula is C16H22ClN5O2. The van der Waals surface area contributed by atoms with Gasteiger partial charge in [-0.2, -0.15) is 4.98 Å². The van der Waals surface area contributed by atoms with Gasteiger partial charge in [-0.25, -0.2) is 4.79 Å². The molecule has 130 valence electrons. The molecule has 24 heavy (non-hydrogen) atoms. The van der Waals surface area contributed by atoms with E-state index in [1.807, 2.05) is 38.2 Å². The first kappa shape index (κ1) is 18.2. The van der Waals surface area contributed by atoms with Gasteiger partial charge in [0.1, 0.15) is 6.54 Å². The van der Waals surface area contributed by atoms with E-state index in [2.05, 4.69) is 22.4 Å². The Morgan fingerprint density at radius 2 is 1.92 bits per heavy atom. The molecule has 0 saturated heterocycles. The van der Waals surface area contributed by atoms with Crippen molar-refractivity contribution in [2.24, 2.45) is 0 Å². The fourth-order valence-electron chi connectivity index (χ4n) is 2.68. The van der Waals surface area contributed by atoms with Crippen LogP contribution in [0.1, 0.15) is 25.6 Å². The number of likely N-dealkylation sites (N-methyl/N-ethyl adjacent to an activating group) is 1. The average Bonchev–Trinajstić information content (AvgIpc) is 3.11. The van der Waals surface area contributed by atoms with Crippen molar-refractivity contribution >= 4 is 23.4 Å². The first-order valence-electron chi connectivity index (χ1n) is 7.80. The average molecular weight is 352 g/mol. The Bertz CT molecular complexity index is 867. The molecule has 0 saturated carbocycles. The number of aromatic nitrogens is 4. The van der Waals surface area contributed by atoms with Crippen molar-refractivity contribution < 1.29 is 4.52 Å². The van der Waals surface area contributed by atoms with Crippen LogP contribution in [0.4, 0.5) is 0 Å². The number of fused-ring (bicyclic) bond motifs is 1. The summed E-state index contributed by atoms with van der Waals surface area (Å²) in [4.78, 5) is 17.0. The van der Waals surface area contributed by atoms with E-state index in [-0.39, 0.29) is 30.7 Å². The maximum Gasteiger partial charge on any atom is 0.329 e. The van der Waals surface area contributed by atoms with Crippen molar-refractivity contribution in [1.29, 1.82) is 0 Å². The zero-order chi connectivity index (χ0) is 16.4. The van der Waals surface area contributed by atoms with Gasteiger partial charge in [0.15, 0.2) is 5.82 Å². The molecule has 1 aromatic carbocycles. The number of rotatable bonds is 6. The van der Waals surface area contributed by atoms with E-state index in [0.29, 0.717) is 24.7 Å². The Kier molecular flexibility index (Phi) is 5.80. The van der Waals surface area contributed by atoms with Gasteiger partial charge in [0.25, 0.3) is 0 Å². The third-order valence-corrected chi connectivity index (χ3v) is 4.03. The minimum Gasteiger partial charge on any atom is -0.337 e. The van der Waals surface area contributed by atoms with Gasteiger partial charge in [0, 0.05) is 19.0 Å². The van der Waals surface area contributed by atoms with Crippen molar-refractivity contribution in [2.45, 2.75) is 39.4 Å². The molecule has 2 aromatic heterocycles. The predicted octanol–water partition coefficient (Wildman–Crippen LogP) is 1.83. The van der Waals surface area contributed by atoms with Crippen molar-refractivity contribution in [3.63, 3.8) is 0 Å². The number of hydrogen-bond donors (Lipinski definition) is 1. The quantitative estimate of drug-likeness (QED) is 0.733. The molecule has 0 amide bonds. The van der Waals surface area contributed by atoms with E-state index < -0.39 is 0 Å². The van der Waals surface area contributed by atoms with Crippen LogP contribution >= 0.6 is 12.4 Å². The second kappa shape index (κ2) is 7.63. The summed E-state index contributed by atoms with van der Waals surface area (Å²) in [5.74, 6) is 1.10. The smallest absolute Gasteiger partial charge is 0.329 e.